The molecule has 2 heterocycles. The highest BCUT2D eigenvalue weighted by Gasteiger charge is 2.67. The fourth-order valence-electron chi connectivity index (χ4n) is 4.05. The van der Waals surface area contributed by atoms with Crippen molar-refractivity contribution in [2.45, 2.75) is 44.4 Å². The third kappa shape index (κ3) is 4.29. The van der Waals surface area contributed by atoms with Gasteiger partial charge in [0.25, 0.3) is 5.91 Å². The summed E-state index contributed by atoms with van der Waals surface area (Å²) in [6, 6.07) is 3.77. The van der Waals surface area contributed by atoms with Crippen LogP contribution in [0.3, 0.4) is 0 Å². The number of amides is 2. The van der Waals surface area contributed by atoms with Crippen LogP contribution in [0.2, 0.25) is 0 Å². The molecular weight excluding hydrogens is 462 g/mol. The van der Waals surface area contributed by atoms with Gasteiger partial charge >= 0.3 is 12.1 Å². The predicted octanol–water partition coefficient (Wildman–Crippen LogP) is 2.03. The van der Waals surface area contributed by atoms with Gasteiger partial charge in [0, 0.05) is 18.6 Å². The molecule has 0 bridgehead atoms. The molecule has 2 aliphatic heterocycles. The minimum Gasteiger partial charge on any atom is -0.496 e. The number of carbonyl (C=O) groups is 3. The summed E-state index contributed by atoms with van der Waals surface area (Å²) in [5.74, 6) is -2.22. The molecule has 3 rings (SSSR count). The molecule has 0 radical (unpaired) electrons. The predicted molar refractivity (Wildman–Crippen MR) is 119 cm³/mol. The number of nitrogens with zero attached hydrogens (tertiary/aromatic N) is 3. The number of oxime groups is 1. The van der Waals surface area contributed by atoms with Crippen molar-refractivity contribution in [3.63, 3.8) is 0 Å². The van der Waals surface area contributed by atoms with E-state index in [4.69, 9.17) is 28.5 Å². The highest BCUT2D eigenvalue weighted by molar-refractivity contribution is 6.15. The van der Waals surface area contributed by atoms with Crippen molar-refractivity contribution < 1.29 is 42.9 Å². The third-order valence-corrected chi connectivity index (χ3v) is 5.60. The van der Waals surface area contributed by atoms with Crippen molar-refractivity contribution in [2.24, 2.45) is 11.1 Å². The molecule has 188 valence electrons. The molecule has 2 aliphatic rings. The van der Waals surface area contributed by atoms with Gasteiger partial charge in [-0.05, 0) is 20.8 Å². The van der Waals surface area contributed by atoms with Gasteiger partial charge in [0.05, 0.1) is 40.1 Å². The van der Waals surface area contributed by atoms with Crippen LogP contribution in [0.1, 0.15) is 32.8 Å². The molecule has 12 nitrogen and oxygen atoms in total. The molecular formula is C23H27N3O9. The second-order valence-electron chi connectivity index (χ2n) is 8.82. The van der Waals surface area contributed by atoms with E-state index in [0.717, 1.165) is 7.11 Å². The van der Waals surface area contributed by atoms with Gasteiger partial charge in [-0.1, -0.05) is 5.16 Å². The van der Waals surface area contributed by atoms with Crippen LogP contribution in [0.5, 0.6) is 17.2 Å². The number of methoxy groups -OCH3 is 4. The third-order valence-electron chi connectivity index (χ3n) is 5.60. The number of hydrogen-bond donors (Lipinski definition) is 0. The first-order valence-corrected chi connectivity index (χ1v) is 10.6. The lowest BCUT2D eigenvalue weighted by atomic mass is 9.80. The Hall–Kier alpha value is -4.01. The molecule has 2 amide bonds. The lowest BCUT2D eigenvalue weighted by Crippen LogP contribution is -2.50. The zero-order valence-corrected chi connectivity index (χ0v) is 20.5. The molecule has 3 atom stereocenters. The molecule has 12 heteroatoms. The van der Waals surface area contributed by atoms with E-state index in [0.29, 0.717) is 10.6 Å². The van der Waals surface area contributed by atoms with Crippen molar-refractivity contribution in [3.8, 4) is 23.3 Å². The molecule has 1 saturated heterocycles. The van der Waals surface area contributed by atoms with Crippen LogP contribution in [0.25, 0.3) is 0 Å². The van der Waals surface area contributed by atoms with Gasteiger partial charge in [-0.15, -0.1) is 0 Å². The van der Waals surface area contributed by atoms with Gasteiger partial charge in [-0.3, -0.25) is 4.79 Å². The number of rotatable bonds is 5. The Kier molecular flexibility index (Phi) is 6.82. The summed E-state index contributed by atoms with van der Waals surface area (Å²) >= 11 is 0. The molecule has 1 spiro atoms. The molecule has 0 aliphatic carbocycles. The summed E-state index contributed by atoms with van der Waals surface area (Å²) in [6.45, 7) is 4.84. The van der Waals surface area contributed by atoms with E-state index in [-0.39, 0.29) is 29.2 Å². The van der Waals surface area contributed by atoms with E-state index in [1.165, 1.54) is 21.3 Å². The number of hydrogen-bond acceptors (Lipinski definition) is 11. The Bertz CT molecular complexity index is 1090. The van der Waals surface area contributed by atoms with Gasteiger partial charge in [0.2, 0.25) is 5.60 Å². The molecule has 1 fully saturated rings. The molecule has 1 aromatic carbocycles. The van der Waals surface area contributed by atoms with Crippen molar-refractivity contribution in [2.75, 3.05) is 28.4 Å². The van der Waals surface area contributed by atoms with Crippen LogP contribution in [0.15, 0.2) is 17.3 Å². The van der Waals surface area contributed by atoms with E-state index in [1.807, 2.05) is 6.07 Å². The maximum absolute atomic E-state index is 13.6. The van der Waals surface area contributed by atoms with Crippen LogP contribution in [0, 0.1) is 17.2 Å². The second-order valence-corrected chi connectivity index (χ2v) is 8.82. The molecule has 0 aromatic heterocycles. The second kappa shape index (κ2) is 9.32. The highest BCUT2D eigenvalue weighted by atomic mass is 16.7. The summed E-state index contributed by atoms with van der Waals surface area (Å²) in [5, 5.41) is 14.2. The average molecular weight is 489 g/mol. The number of carbonyl (C=O) groups excluding carboxylic acids is 3. The quantitative estimate of drug-likeness (QED) is 0.563. The number of nitriles is 1. The largest absolute Gasteiger partial charge is 0.496 e. The first-order chi connectivity index (χ1) is 16.5. The van der Waals surface area contributed by atoms with Crippen LogP contribution < -0.4 is 14.2 Å². The van der Waals surface area contributed by atoms with E-state index in [2.05, 4.69) is 5.16 Å². The van der Waals surface area contributed by atoms with E-state index >= 15 is 0 Å². The van der Waals surface area contributed by atoms with Gasteiger partial charge < -0.3 is 28.5 Å². The van der Waals surface area contributed by atoms with Crippen molar-refractivity contribution in [3.05, 3.63) is 17.7 Å². The summed E-state index contributed by atoms with van der Waals surface area (Å²) in [7, 11) is 5.40. The summed E-state index contributed by atoms with van der Waals surface area (Å²) in [5.41, 5.74) is -2.63. The monoisotopic (exact) mass is 489 g/mol. The topological polar surface area (TPSA) is 146 Å². The standard InChI is InChI=1S/C23H27N3O9/c1-22(2,3)34-21(29)26-14(19(27)33-7)10-23(20(26)28)13(11-24)18(25-35-23)17-15(31-5)8-12(30-4)9-16(17)32-6/h8-9,13-14H,10H2,1-7H3/t13-,14-,23-/m0/s1. The van der Waals surface area contributed by atoms with Gasteiger partial charge in [0.1, 0.15) is 40.5 Å². The lowest BCUT2D eigenvalue weighted by Gasteiger charge is -2.26. The maximum Gasteiger partial charge on any atom is 0.417 e. The Morgan fingerprint density at radius 3 is 2.20 bits per heavy atom. The first kappa shape index (κ1) is 25.6. The molecule has 1 aromatic rings. The summed E-state index contributed by atoms with van der Waals surface area (Å²) in [6.07, 6.45) is -1.44. The van der Waals surface area contributed by atoms with Crippen LogP contribution in [-0.2, 0) is 23.9 Å². The number of benzene rings is 1. The minimum atomic E-state index is -1.98. The Balaban J connectivity index is 2.10. The number of likely N-dealkylation sites (tertiary alicyclic amines) is 1. The maximum atomic E-state index is 13.6. The highest BCUT2D eigenvalue weighted by Crippen LogP contribution is 2.47. The van der Waals surface area contributed by atoms with Crippen molar-refractivity contribution in [1.29, 1.82) is 5.26 Å². The van der Waals surface area contributed by atoms with Gasteiger partial charge in [0.15, 0.2) is 0 Å². The Morgan fingerprint density at radius 1 is 1.14 bits per heavy atom. The number of imide groups is 1. The van der Waals surface area contributed by atoms with Crippen molar-refractivity contribution in [1.82, 2.24) is 4.90 Å². The zero-order valence-electron chi connectivity index (χ0n) is 20.5. The van der Waals surface area contributed by atoms with E-state index in [1.54, 1.807) is 32.9 Å². The minimum absolute atomic E-state index is 0.0341. The average Bonchev–Trinajstić information content (AvgIpc) is 3.33. The van der Waals surface area contributed by atoms with Crippen LogP contribution >= 0.6 is 0 Å². The smallest absolute Gasteiger partial charge is 0.417 e. The van der Waals surface area contributed by atoms with E-state index in [9.17, 15) is 19.6 Å². The summed E-state index contributed by atoms with van der Waals surface area (Å²) < 4.78 is 26.3. The molecule has 0 N–H and O–H groups in total. The fraction of sp³-hybridized carbons (Fsp3) is 0.522. The van der Waals surface area contributed by atoms with Crippen molar-refractivity contribution >= 4 is 23.7 Å². The Morgan fingerprint density at radius 2 is 1.74 bits per heavy atom. The molecule has 0 unspecified atom stereocenters. The summed E-state index contributed by atoms with van der Waals surface area (Å²) in [4.78, 5) is 45.3. The number of esters is 1. The molecule has 35 heavy (non-hydrogen) atoms. The zero-order chi connectivity index (χ0) is 26.1. The van der Waals surface area contributed by atoms with Crippen LogP contribution in [-0.4, -0.2) is 74.3 Å². The lowest BCUT2D eigenvalue weighted by molar-refractivity contribution is -0.151. The normalized spacial score (nSPS) is 23.3. The number of ether oxygens (including phenoxy) is 5. The van der Waals surface area contributed by atoms with Gasteiger partial charge in [-0.2, -0.15) is 5.26 Å². The fourth-order valence-corrected chi connectivity index (χ4v) is 4.05. The Labute approximate surface area is 202 Å². The van der Waals surface area contributed by atoms with Crippen LogP contribution in [0.4, 0.5) is 4.79 Å². The first-order valence-electron chi connectivity index (χ1n) is 10.6. The SMILES string of the molecule is COC(=O)[C@@H]1C[C@@]2(ON=C(c3c(OC)cc(OC)cc3OC)[C@@H]2C#N)C(=O)N1C(=O)OC(C)(C)C. The van der Waals surface area contributed by atoms with Gasteiger partial charge in [-0.25, -0.2) is 14.5 Å². The molecule has 0 saturated carbocycles. The van der Waals surface area contributed by atoms with E-state index < -0.39 is 41.1 Å².